The first kappa shape index (κ1) is 22.7. The largest absolute Gasteiger partial charge is 0.435 e. The molecule has 0 aromatic carbocycles. The average Bonchev–Trinajstić information content (AvgIpc) is 3.40. The molecule has 0 radical (unpaired) electrons. The van der Waals surface area contributed by atoms with Crippen LogP contribution in [-0.4, -0.2) is 43.3 Å². The molecule has 178 valence electrons. The van der Waals surface area contributed by atoms with Crippen LogP contribution in [0.3, 0.4) is 0 Å². The first-order valence-electron chi connectivity index (χ1n) is 10.9. The zero-order chi connectivity index (χ0) is 24.2. The van der Waals surface area contributed by atoms with E-state index >= 15 is 0 Å². The molecule has 1 amide bonds. The Bertz CT molecular complexity index is 1240. The minimum absolute atomic E-state index is 0.0658. The van der Waals surface area contributed by atoms with Crippen molar-refractivity contribution < 1.29 is 18.0 Å². The summed E-state index contributed by atoms with van der Waals surface area (Å²) in [7, 11) is 0. The summed E-state index contributed by atoms with van der Waals surface area (Å²) in [5, 5.41) is 10.6. The van der Waals surface area contributed by atoms with Gasteiger partial charge in [-0.2, -0.15) is 18.3 Å². The predicted octanol–water partition coefficient (Wildman–Crippen LogP) is 4.69. The fourth-order valence-corrected chi connectivity index (χ4v) is 4.39. The number of carbonyl (C=O) groups is 1. The highest BCUT2D eigenvalue weighted by Gasteiger charge is 2.38. The fraction of sp³-hybridized carbons (Fsp3) is 0.348. The number of nitrogens with zero attached hydrogens (tertiary/aromatic N) is 5. The zero-order valence-corrected chi connectivity index (χ0v) is 19.2. The molecule has 11 heteroatoms. The number of fused-ring (bicyclic) bond motifs is 1. The summed E-state index contributed by atoms with van der Waals surface area (Å²) < 4.78 is 41.1. The molecule has 1 unspecified atom stereocenters. The predicted molar refractivity (Wildman–Crippen MR) is 119 cm³/mol. The number of hydrazine groups is 1. The molecular formula is C23H22ClF3N6O. The number of aromatic nitrogens is 3. The molecule has 1 saturated carbocycles. The number of amides is 1. The third-order valence-electron chi connectivity index (χ3n) is 6.26. The van der Waals surface area contributed by atoms with Crippen LogP contribution in [0.25, 0.3) is 5.82 Å². The van der Waals surface area contributed by atoms with Crippen molar-refractivity contribution in [2.45, 2.75) is 38.9 Å². The molecule has 3 aliphatic rings. The van der Waals surface area contributed by atoms with Gasteiger partial charge in [-0.05, 0) is 62.5 Å². The molecule has 7 nitrogen and oxygen atoms in total. The molecule has 0 spiro atoms. The topological polar surface area (TPSA) is 66.3 Å². The van der Waals surface area contributed by atoms with Crippen molar-refractivity contribution in [3.8, 4) is 5.82 Å². The van der Waals surface area contributed by atoms with Gasteiger partial charge < -0.3 is 5.32 Å². The minimum atomic E-state index is -4.74. The Labute approximate surface area is 199 Å². The third kappa shape index (κ3) is 4.12. The second-order valence-corrected chi connectivity index (χ2v) is 9.04. The van der Waals surface area contributed by atoms with Crippen molar-refractivity contribution in [1.82, 2.24) is 30.1 Å². The number of pyridine rings is 1. The summed E-state index contributed by atoms with van der Waals surface area (Å²) in [4.78, 5) is 17.2. The Kier molecular flexibility index (Phi) is 5.52. The van der Waals surface area contributed by atoms with Crippen molar-refractivity contribution in [3.05, 3.63) is 76.1 Å². The van der Waals surface area contributed by atoms with Crippen LogP contribution in [0.4, 0.5) is 13.2 Å². The van der Waals surface area contributed by atoms with Crippen molar-refractivity contribution >= 4 is 17.5 Å². The second kappa shape index (κ2) is 8.28. The van der Waals surface area contributed by atoms with Gasteiger partial charge in [0.15, 0.2) is 11.5 Å². The number of hydrogen-bond acceptors (Lipinski definition) is 5. The van der Waals surface area contributed by atoms with E-state index in [4.69, 9.17) is 11.6 Å². The van der Waals surface area contributed by atoms with Crippen LogP contribution in [0.2, 0.25) is 5.02 Å². The summed E-state index contributed by atoms with van der Waals surface area (Å²) in [6.45, 7) is 4.78. The molecule has 1 atom stereocenters. The summed E-state index contributed by atoms with van der Waals surface area (Å²) in [5.74, 6) is -0.175. The molecule has 2 aromatic rings. The number of halogens is 4. The highest BCUT2D eigenvalue weighted by molar-refractivity contribution is 6.32. The van der Waals surface area contributed by atoms with Gasteiger partial charge in [0.1, 0.15) is 5.69 Å². The number of hydrogen-bond donors (Lipinski definition) is 1. The highest BCUT2D eigenvalue weighted by atomic mass is 35.5. The molecule has 4 heterocycles. The Morgan fingerprint density at radius 3 is 2.76 bits per heavy atom. The molecule has 1 aliphatic carbocycles. The van der Waals surface area contributed by atoms with E-state index in [1.165, 1.54) is 31.2 Å². The summed E-state index contributed by atoms with van der Waals surface area (Å²) >= 11 is 6.14. The maximum atomic E-state index is 13.4. The van der Waals surface area contributed by atoms with Crippen LogP contribution in [0.1, 0.15) is 42.9 Å². The van der Waals surface area contributed by atoms with E-state index in [1.807, 2.05) is 24.2 Å². The van der Waals surface area contributed by atoms with Gasteiger partial charge in [0.2, 0.25) is 0 Å². The van der Waals surface area contributed by atoms with Gasteiger partial charge in [0.25, 0.3) is 5.91 Å². The Morgan fingerprint density at radius 1 is 1.32 bits per heavy atom. The summed E-state index contributed by atoms with van der Waals surface area (Å²) in [6, 6.07) is 4.05. The lowest BCUT2D eigenvalue weighted by Gasteiger charge is -2.36. The SMILES string of the molecule is CC1=CC2=CCN(C(C)C3CC3)N2C=C1NC(=O)c1cc(C(F)(F)F)nn1-c1ncccc1Cl. The lowest BCUT2D eigenvalue weighted by molar-refractivity contribution is -0.141. The van der Waals surface area contributed by atoms with Crippen LogP contribution in [0, 0.1) is 5.92 Å². The molecule has 1 N–H and O–H groups in total. The van der Waals surface area contributed by atoms with Gasteiger partial charge in [-0.3, -0.25) is 9.80 Å². The van der Waals surface area contributed by atoms with Crippen LogP contribution < -0.4 is 5.32 Å². The van der Waals surface area contributed by atoms with Crippen LogP contribution in [0.15, 0.2) is 59.7 Å². The Morgan fingerprint density at radius 2 is 2.09 bits per heavy atom. The molecule has 2 aromatic heterocycles. The van der Waals surface area contributed by atoms with E-state index in [0.29, 0.717) is 23.7 Å². The summed E-state index contributed by atoms with van der Waals surface area (Å²) in [5.41, 5.74) is 0.749. The first-order valence-corrected chi connectivity index (χ1v) is 11.3. The van der Waals surface area contributed by atoms with Crippen molar-refractivity contribution in [2.24, 2.45) is 5.92 Å². The monoisotopic (exact) mass is 490 g/mol. The van der Waals surface area contributed by atoms with Gasteiger partial charge in [-0.15, -0.1) is 0 Å². The van der Waals surface area contributed by atoms with Crippen LogP contribution in [0.5, 0.6) is 0 Å². The van der Waals surface area contributed by atoms with Gasteiger partial charge >= 0.3 is 6.18 Å². The van der Waals surface area contributed by atoms with Crippen molar-refractivity contribution in [3.63, 3.8) is 0 Å². The fourth-order valence-electron chi connectivity index (χ4n) is 4.19. The Balaban J connectivity index is 1.46. The highest BCUT2D eigenvalue weighted by Crippen LogP contribution is 2.39. The maximum Gasteiger partial charge on any atom is 0.435 e. The zero-order valence-electron chi connectivity index (χ0n) is 18.5. The number of carbonyl (C=O) groups excluding carboxylic acids is 1. The van der Waals surface area contributed by atoms with E-state index < -0.39 is 17.8 Å². The second-order valence-electron chi connectivity index (χ2n) is 8.63. The molecule has 2 aliphatic heterocycles. The van der Waals surface area contributed by atoms with Gasteiger partial charge in [0.05, 0.1) is 16.4 Å². The number of rotatable bonds is 5. The number of alkyl halides is 3. The smallest absolute Gasteiger partial charge is 0.319 e. The number of allylic oxidation sites excluding steroid dienone is 2. The third-order valence-corrected chi connectivity index (χ3v) is 6.56. The lowest BCUT2D eigenvalue weighted by Crippen LogP contribution is -2.43. The molecular weight excluding hydrogens is 469 g/mol. The average molecular weight is 491 g/mol. The quantitative estimate of drug-likeness (QED) is 0.659. The van der Waals surface area contributed by atoms with Crippen molar-refractivity contribution in [2.75, 3.05) is 6.54 Å². The van der Waals surface area contributed by atoms with Gasteiger partial charge in [-0.25, -0.2) is 14.7 Å². The van der Waals surface area contributed by atoms with E-state index in [9.17, 15) is 18.0 Å². The molecule has 0 bridgehead atoms. The van der Waals surface area contributed by atoms with Gasteiger partial charge in [0, 0.05) is 31.0 Å². The van der Waals surface area contributed by atoms with E-state index in [1.54, 1.807) is 0 Å². The standard InChI is InChI=1S/C23H22ClF3N6O/c1-13-10-16-7-9-31(14(2)15-5-6-15)32(16)12-18(13)29-22(34)19-11-20(23(25,26)27)30-33(19)21-17(24)4-3-8-28-21/h3-4,7-8,10-12,14-15H,5-6,9H2,1-2H3,(H,29,34). The minimum Gasteiger partial charge on any atom is -0.319 e. The summed E-state index contributed by atoms with van der Waals surface area (Å²) in [6.07, 6.45) is 4.90. The van der Waals surface area contributed by atoms with Crippen molar-refractivity contribution in [1.29, 1.82) is 0 Å². The van der Waals surface area contributed by atoms with Crippen LogP contribution >= 0.6 is 11.6 Å². The van der Waals surface area contributed by atoms with E-state index in [2.05, 4.69) is 33.4 Å². The maximum absolute atomic E-state index is 13.4. The Hall–Kier alpha value is -3.11. The first-order chi connectivity index (χ1) is 16.1. The number of nitrogens with one attached hydrogen (secondary N) is 1. The van der Waals surface area contributed by atoms with Crippen LogP contribution in [-0.2, 0) is 6.18 Å². The lowest BCUT2D eigenvalue weighted by atomic mass is 10.1. The molecule has 0 saturated heterocycles. The normalized spacial score (nSPS) is 19.4. The molecule has 34 heavy (non-hydrogen) atoms. The molecule has 1 fully saturated rings. The van der Waals surface area contributed by atoms with E-state index in [-0.39, 0.29) is 16.5 Å². The van der Waals surface area contributed by atoms with Gasteiger partial charge in [-0.1, -0.05) is 11.6 Å². The molecule has 5 rings (SSSR count). The van der Waals surface area contributed by atoms with E-state index in [0.717, 1.165) is 22.5 Å².